The summed E-state index contributed by atoms with van der Waals surface area (Å²) in [6.07, 6.45) is 0.151. The maximum absolute atomic E-state index is 11.3. The largest absolute Gasteiger partial charge is 0.491 e. The van der Waals surface area contributed by atoms with E-state index in [4.69, 9.17) is 4.74 Å². The molecule has 0 bridgehead atoms. The summed E-state index contributed by atoms with van der Waals surface area (Å²) in [4.78, 5) is 11.3. The van der Waals surface area contributed by atoms with Crippen molar-refractivity contribution in [3.8, 4) is 5.75 Å². The maximum Gasteiger partial charge on any atom is 0.231 e. The van der Waals surface area contributed by atoms with Crippen molar-refractivity contribution < 1.29 is 9.53 Å². The number of nitrogens with one attached hydrogen (secondary N) is 1. The predicted molar refractivity (Wildman–Crippen MR) is 72.6 cm³/mol. The first kappa shape index (κ1) is 14.0. The SMILES string of the molecule is CC(C)Oc1cccc(C(C)NC(=O)CBr)c1. The van der Waals surface area contributed by atoms with Crippen LogP contribution in [-0.4, -0.2) is 17.3 Å². The van der Waals surface area contributed by atoms with Crippen molar-refractivity contribution in [3.63, 3.8) is 0 Å². The second-order valence-electron chi connectivity index (χ2n) is 4.16. The van der Waals surface area contributed by atoms with Gasteiger partial charge in [0.15, 0.2) is 0 Å². The number of halogens is 1. The molecule has 3 nitrogen and oxygen atoms in total. The van der Waals surface area contributed by atoms with E-state index in [1.54, 1.807) is 0 Å². The Morgan fingerprint density at radius 2 is 2.12 bits per heavy atom. The van der Waals surface area contributed by atoms with E-state index in [0.29, 0.717) is 5.33 Å². The number of hydrogen-bond donors (Lipinski definition) is 1. The summed E-state index contributed by atoms with van der Waals surface area (Å²) in [7, 11) is 0. The molecule has 1 atom stereocenters. The van der Waals surface area contributed by atoms with Crippen LogP contribution in [-0.2, 0) is 4.79 Å². The Balaban J connectivity index is 2.73. The van der Waals surface area contributed by atoms with Crippen molar-refractivity contribution in [2.24, 2.45) is 0 Å². The van der Waals surface area contributed by atoms with Gasteiger partial charge in [0.2, 0.25) is 5.91 Å². The van der Waals surface area contributed by atoms with Gasteiger partial charge in [0.05, 0.1) is 17.5 Å². The lowest BCUT2D eigenvalue weighted by molar-refractivity contribution is -0.119. The van der Waals surface area contributed by atoms with E-state index in [2.05, 4.69) is 21.2 Å². The average molecular weight is 300 g/mol. The van der Waals surface area contributed by atoms with Crippen LogP contribution in [0.2, 0.25) is 0 Å². The molecule has 94 valence electrons. The molecule has 1 rings (SSSR count). The topological polar surface area (TPSA) is 38.3 Å². The summed E-state index contributed by atoms with van der Waals surface area (Å²) in [5, 5.41) is 3.20. The van der Waals surface area contributed by atoms with Crippen LogP contribution in [0.3, 0.4) is 0 Å². The number of carbonyl (C=O) groups is 1. The lowest BCUT2D eigenvalue weighted by Crippen LogP contribution is -2.27. The molecule has 1 N–H and O–H groups in total. The zero-order valence-electron chi connectivity index (χ0n) is 10.4. The van der Waals surface area contributed by atoms with E-state index in [9.17, 15) is 4.79 Å². The number of ether oxygens (including phenoxy) is 1. The third-order valence-corrected chi connectivity index (χ3v) is 2.74. The smallest absolute Gasteiger partial charge is 0.231 e. The molecule has 0 aromatic heterocycles. The third kappa shape index (κ3) is 4.77. The Hall–Kier alpha value is -1.03. The van der Waals surface area contributed by atoms with Crippen LogP contribution in [0.15, 0.2) is 24.3 Å². The van der Waals surface area contributed by atoms with Crippen LogP contribution in [0.5, 0.6) is 5.75 Å². The van der Waals surface area contributed by atoms with Crippen molar-refractivity contribution in [2.45, 2.75) is 32.9 Å². The molecular weight excluding hydrogens is 282 g/mol. The average Bonchev–Trinajstić information content (AvgIpc) is 2.28. The van der Waals surface area contributed by atoms with E-state index < -0.39 is 0 Å². The highest BCUT2D eigenvalue weighted by atomic mass is 79.9. The molecule has 1 aromatic rings. The summed E-state index contributed by atoms with van der Waals surface area (Å²) in [6, 6.07) is 7.77. The standard InChI is InChI=1S/C13H18BrNO2/c1-9(2)17-12-6-4-5-11(7-12)10(3)15-13(16)8-14/h4-7,9-10H,8H2,1-3H3,(H,15,16). The zero-order chi connectivity index (χ0) is 12.8. The van der Waals surface area contributed by atoms with Gasteiger partial charge in [-0.15, -0.1) is 0 Å². The van der Waals surface area contributed by atoms with Crippen molar-refractivity contribution in [1.29, 1.82) is 0 Å². The highest BCUT2D eigenvalue weighted by Crippen LogP contribution is 2.20. The summed E-state index contributed by atoms with van der Waals surface area (Å²) in [5.41, 5.74) is 1.04. The van der Waals surface area contributed by atoms with Gasteiger partial charge < -0.3 is 10.1 Å². The molecule has 0 heterocycles. The van der Waals surface area contributed by atoms with Gasteiger partial charge >= 0.3 is 0 Å². The highest BCUT2D eigenvalue weighted by molar-refractivity contribution is 9.09. The molecule has 1 unspecified atom stereocenters. The number of benzene rings is 1. The van der Waals surface area contributed by atoms with Crippen LogP contribution in [0.1, 0.15) is 32.4 Å². The molecule has 1 aromatic carbocycles. The molecule has 0 radical (unpaired) electrons. The number of alkyl halides is 1. The van der Waals surface area contributed by atoms with Gasteiger partial charge in [-0.25, -0.2) is 0 Å². The monoisotopic (exact) mass is 299 g/mol. The summed E-state index contributed by atoms with van der Waals surface area (Å²) >= 11 is 3.13. The molecule has 0 aliphatic carbocycles. The van der Waals surface area contributed by atoms with E-state index in [1.165, 1.54) is 0 Å². The van der Waals surface area contributed by atoms with Crippen molar-refractivity contribution >= 4 is 21.8 Å². The van der Waals surface area contributed by atoms with E-state index in [0.717, 1.165) is 11.3 Å². The number of hydrogen-bond acceptors (Lipinski definition) is 2. The molecule has 0 saturated carbocycles. The fourth-order valence-corrected chi connectivity index (χ4v) is 1.65. The fourth-order valence-electron chi connectivity index (χ4n) is 1.49. The quantitative estimate of drug-likeness (QED) is 0.849. The third-order valence-electron chi connectivity index (χ3n) is 2.23. The minimum Gasteiger partial charge on any atom is -0.491 e. The lowest BCUT2D eigenvalue weighted by Gasteiger charge is -2.16. The molecule has 1 amide bonds. The van der Waals surface area contributed by atoms with Crippen LogP contribution < -0.4 is 10.1 Å². The molecule has 0 aliphatic heterocycles. The van der Waals surface area contributed by atoms with Crippen LogP contribution in [0, 0.1) is 0 Å². The Labute approximate surface area is 111 Å². The molecular formula is C13H18BrNO2. The predicted octanol–water partition coefficient (Wildman–Crippen LogP) is 3.05. The Kier molecular flexibility index (Phi) is 5.48. The van der Waals surface area contributed by atoms with Crippen molar-refractivity contribution in [3.05, 3.63) is 29.8 Å². The summed E-state index contributed by atoms with van der Waals surface area (Å²) in [6.45, 7) is 5.93. The first-order valence-corrected chi connectivity index (χ1v) is 6.77. The second kappa shape index (κ2) is 6.64. The van der Waals surface area contributed by atoms with Crippen molar-refractivity contribution in [1.82, 2.24) is 5.32 Å². The lowest BCUT2D eigenvalue weighted by atomic mass is 10.1. The van der Waals surface area contributed by atoms with Gasteiger partial charge in [0.25, 0.3) is 0 Å². The van der Waals surface area contributed by atoms with Gasteiger partial charge in [-0.3, -0.25) is 4.79 Å². The van der Waals surface area contributed by atoms with E-state index in [-0.39, 0.29) is 18.1 Å². The molecule has 0 aliphatic rings. The zero-order valence-corrected chi connectivity index (χ0v) is 12.0. The van der Waals surface area contributed by atoms with Gasteiger partial charge in [-0.2, -0.15) is 0 Å². The normalized spacial score (nSPS) is 12.3. The van der Waals surface area contributed by atoms with Gasteiger partial charge in [-0.05, 0) is 38.5 Å². The Morgan fingerprint density at radius 1 is 1.41 bits per heavy atom. The maximum atomic E-state index is 11.3. The van der Waals surface area contributed by atoms with Crippen LogP contribution >= 0.6 is 15.9 Å². The number of carbonyl (C=O) groups excluding carboxylic acids is 1. The van der Waals surface area contributed by atoms with Gasteiger partial charge in [-0.1, -0.05) is 28.1 Å². The van der Waals surface area contributed by atoms with Crippen molar-refractivity contribution in [2.75, 3.05) is 5.33 Å². The summed E-state index contributed by atoms with van der Waals surface area (Å²) < 4.78 is 5.61. The first-order valence-electron chi connectivity index (χ1n) is 5.65. The highest BCUT2D eigenvalue weighted by Gasteiger charge is 2.09. The summed E-state index contributed by atoms with van der Waals surface area (Å²) in [5.74, 6) is 0.810. The Morgan fingerprint density at radius 3 is 2.71 bits per heavy atom. The minimum atomic E-state index is -0.0207. The number of rotatable bonds is 5. The van der Waals surface area contributed by atoms with Crippen LogP contribution in [0.25, 0.3) is 0 Å². The van der Waals surface area contributed by atoms with E-state index >= 15 is 0 Å². The molecule has 0 spiro atoms. The minimum absolute atomic E-state index is 0.0178. The first-order chi connectivity index (χ1) is 8.02. The second-order valence-corrected chi connectivity index (χ2v) is 4.72. The fraction of sp³-hybridized carbons (Fsp3) is 0.462. The molecule has 4 heteroatoms. The molecule has 17 heavy (non-hydrogen) atoms. The molecule has 0 saturated heterocycles. The van der Waals surface area contributed by atoms with Gasteiger partial charge in [0.1, 0.15) is 5.75 Å². The van der Waals surface area contributed by atoms with E-state index in [1.807, 2.05) is 45.0 Å². The molecule has 0 fully saturated rings. The van der Waals surface area contributed by atoms with Crippen LogP contribution in [0.4, 0.5) is 0 Å². The Bertz CT molecular complexity index is 379. The number of amides is 1. The van der Waals surface area contributed by atoms with Gasteiger partial charge in [0, 0.05) is 0 Å².